The van der Waals surface area contributed by atoms with Gasteiger partial charge >= 0.3 is 6.18 Å². The maximum absolute atomic E-state index is 12.8. The van der Waals surface area contributed by atoms with E-state index in [1.54, 1.807) is 0 Å². The summed E-state index contributed by atoms with van der Waals surface area (Å²) in [4.78, 5) is 11.7. The Morgan fingerprint density at radius 2 is 1.95 bits per heavy atom. The molecule has 7 heteroatoms. The maximum atomic E-state index is 12.8. The lowest BCUT2D eigenvalue weighted by Crippen LogP contribution is -2.16. The summed E-state index contributed by atoms with van der Waals surface area (Å²) >= 11 is 0. The summed E-state index contributed by atoms with van der Waals surface area (Å²) < 4.78 is 38.4. The number of rotatable bonds is 8. The summed E-state index contributed by atoms with van der Waals surface area (Å²) in [5, 5.41) is 5.58. The molecule has 0 unspecified atom stereocenters. The highest BCUT2D eigenvalue weighted by molar-refractivity contribution is 5.94. The van der Waals surface area contributed by atoms with E-state index in [4.69, 9.17) is 5.73 Å². The van der Waals surface area contributed by atoms with Crippen molar-refractivity contribution in [2.75, 3.05) is 23.7 Å². The molecule has 1 amide bonds. The zero-order chi connectivity index (χ0) is 16.6. The van der Waals surface area contributed by atoms with Crippen LogP contribution in [-0.4, -0.2) is 19.0 Å². The Balaban J connectivity index is 2.92. The summed E-state index contributed by atoms with van der Waals surface area (Å²) in [5.74, 6) is -0.344. The molecule has 0 aliphatic carbocycles. The summed E-state index contributed by atoms with van der Waals surface area (Å²) in [6, 6.07) is 3.30. The van der Waals surface area contributed by atoms with E-state index in [1.807, 2.05) is 6.92 Å². The zero-order valence-electron chi connectivity index (χ0n) is 12.6. The van der Waals surface area contributed by atoms with Crippen molar-refractivity contribution in [1.29, 1.82) is 0 Å². The van der Waals surface area contributed by atoms with Gasteiger partial charge in [-0.3, -0.25) is 4.79 Å². The van der Waals surface area contributed by atoms with Crippen molar-refractivity contribution < 1.29 is 18.0 Å². The number of carbonyl (C=O) groups is 1. The monoisotopic (exact) mass is 317 g/mol. The molecule has 4 N–H and O–H groups in total. The minimum Gasteiger partial charge on any atom is -0.383 e. The second kappa shape index (κ2) is 8.63. The average molecular weight is 317 g/mol. The van der Waals surface area contributed by atoms with Gasteiger partial charge in [0.15, 0.2) is 0 Å². The molecule has 0 radical (unpaired) electrons. The summed E-state index contributed by atoms with van der Waals surface area (Å²) in [6.45, 7) is 3.01. The Kier molecular flexibility index (Phi) is 7.17. The first kappa shape index (κ1) is 18.3. The Morgan fingerprint density at radius 3 is 2.55 bits per heavy atom. The molecule has 1 aromatic carbocycles. The highest BCUT2D eigenvalue weighted by Gasteiger charge is 2.31. The lowest BCUT2D eigenvalue weighted by molar-refractivity contribution is -0.137. The van der Waals surface area contributed by atoms with Crippen molar-refractivity contribution in [2.45, 2.75) is 38.8 Å². The molecule has 0 atom stereocenters. The molecule has 0 fully saturated rings. The largest absolute Gasteiger partial charge is 0.416 e. The fourth-order valence-electron chi connectivity index (χ4n) is 1.85. The smallest absolute Gasteiger partial charge is 0.383 e. The molecule has 0 spiro atoms. The van der Waals surface area contributed by atoms with E-state index in [0.29, 0.717) is 25.2 Å². The van der Waals surface area contributed by atoms with E-state index in [9.17, 15) is 18.0 Å². The van der Waals surface area contributed by atoms with Crippen molar-refractivity contribution in [3.05, 3.63) is 23.8 Å². The van der Waals surface area contributed by atoms with Crippen molar-refractivity contribution in [3.63, 3.8) is 0 Å². The Hall–Kier alpha value is -1.76. The van der Waals surface area contributed by atoms with Crippen LogP contribution in [0.1, 0.15) is 38.2 Å². The molecule has 124 valence electrons. The molecular formula is C15H22F3N3O. The highest BCUT2D eigenvalue weighted by Crippen LogP contribution is 2.34. The average Bonchev–Trinajstić information content (AvgIpc) is 2.45. The van der Waals surface area contributed by atoms with Crippen molar-refractivity contribution >= 4 is 17.3 Å². The number of nitrogens with one attached hydrogen (secondary N) is 2. The van der Waals surface area contributed by atoms with Crippen LogP contribution in [0.2, 0.25) is 0 Å². The van der Waals surface area contributed by atoms with Crippen LogP contribution in [-0.2, 0) is 11.0 Å². The number of benzene rings is 1. The maximum Gasteiger partial charge on any atom is 0.416 e. The molecule has 0 heterocycles. The van der Waals surface area contributed by atoms with E-state index < -0.39 is 11.7 Å². The van der Waals surface area contributed by atoms with E-state index >= 15 is 0 Å². The molecular weight excluding hydrogens is 295 g/mol. The van der Waals surface area contributed by atoms with Crippen LogP contribution in [0.25, 0.3) is 0 Å². The van der Waals surface area contributed by atoms with Gasteiger partial charge in [-0.2, -0.15) is 13.2 Å². The third kappa shape index (κ3) is 5.93. The van der Waals surface area contributed by atoms with Gasteiger partial charge in [0.25, 0.3) is 0 Å². The normalized spacial score (nSPS) is 11.3. The molecule has 0 bridgehead atoms. The third-order valence-electron chi connectivity index (χ3n) is 3.07. The number of amides is 1. The second-order valence-corrected chi connectivity index (χ2v) is 4.98. The fourth-order valence-corrected chi connectivity index (χ4v) is 1.85. The fraction of sp³-hybridized carbons (Fsp3) is 0.533. The molecule has 0 aliphatic rings. The quantitative estimate of drug-likeness (QED) is 0.642. The van der Waals surface area contributed by atoms with Crippen LogP contribution in [0.3, 0.4) is 0 Å². The van der Waals surface area contributed by atoms with Gasteiger partial charge in [0.1, 0.15) is 0 Å². The number of anilines is 2. The van der Waals surface area contributed by atoms with Crippen LogP contribution < -0.4 is 16.4 Å². The van der Waals surface area contributed by atoms with Gasteiger partial charge in [0.05, 0.1) is 16.9 Å². The first-order valence-corrected chi connectivity index (χ1v) is 7.33. The molecule has 0 saturated heterocycles. The van der Waals surface area contributed by atoms with E-state index in [-0.39, 0.29) is 18.0 Å². The Morgan fingerprint density at radius 1 is 1.23 bits per heavy atom. The molecule has 1 rings (SSSR count). The molecule has 4 nitrogen and oxygen atoms in total. The minimum absolute atomic E-state index is 0.146. The van der Waals surface area contributed by atoms with Crippen LogP contribution >= 0.6 is 0 Å². The van der Waals surface area contributed by atoms with Gasteiger partial charge in [0.2, 0.25) is 5.91 Å². The molecule has 0 aromatic heterocycles. The van der Waals surface area contributed by atoms with E-state index in [1.165, 1.54) is 6.07 Å². The molecule has 0 saturated carbocycles. The van der Waals surface area contributed by atoms with Crippen molar-refractivity contribution in [1.82, 2.24) is 0 Å². The van der Waals surface area contributed by atoms with Gasteiger partial charge < -0.3 is 16.4 Å². The van der Waals surface area contributed by atoms with Gasteiger partial charge in [-0.1, -0.05) is 13.3 Å². The number of alkyl halides is 3. The first-order chi connectivity index (χ1) is 10.4. The summed E-state index contributed by atoms with van der Waals surface area (Å²) in [5.41, 5.74) is 5.17. The highest BCUT2D eigenvalue weighted by atomic mass is 19.4. The number of unbranched alkanes of at least 4 members (excludes halogenated alkanes) is 1. The predicted octanol–water partition coefficient (Wildman–Crippen LogP) is 3.59. The Labute approximate surface area is 128 Å². The predicted molar refractivity (Wildman–Crippen MR) is 81.8 cm³/mol. The van der Waals surface area contributed by atoms with Crippen LogP contribution in [0.4, 0.5) is 24.5 Å². The first-order valence-electron chi connectivity index (χ1n) is 7.33. The van der Waals surface area contributed by atoms with Crippen LogP contribution in [0.5, 0.6) is 0 Å². The van der Waals surface area contributed by atoms with E-state index in [0.717, 1.165) is 25.0 Å². The lowest BCUT2D eigenvalue weighted by atomic mass is 10.1. The van der Waals surface area contributed by atoms with Crippen LogP contribution in [0, 0.1) is 0 Å². The van der Waals surface area contributed by atoms with Crippen molar-refractivity contribution in [2.24, 2.45) is 5.73 Å². The molecule has 1 aromatic rings. The zero-order valence-corrected chi connectivity index (χ0v) is 12.6. The molecule has 0 aliphatic heterocycles. The van der Waals surface area contributed by atoms with Gasteiger partial charge in [-0.05, 0) is 37.6 Å². The third-order valence-corrected chi connectivity index (χ3v) is 3.07. The topological polar surface area (TPSA) is 67.1 Å². The standard InChI is InChI=1S/C15H22F3N3O/c1-2-3-9-20-12-7-6-11(15(16,17)18)10-13(12)21-14(22)5-4-8-19/h6-7,10,20H,2-5,8-9,19H2,1H3,(H,21,22). The number of hydrogen-bond donors (Lipinski definition) is 3. The number of carbonyl (C=O) groups excluding carboxylic acids is 1. The number of halogens is 3. The minimum atomic E-state index is -4.45. The van der Waals surface area contributed by atoms with Crippen LogP contribution in [0.15, 0.2) is 18.2 Å². The Bertz CT molecular complexity index is 489. The van der Waals surface area contributed by atoms with Gasteiger partial charge in [0, 0.05) is 13.0 Å². The summed E-state index contributed by atoms with van der Waals surface area (Å²) in [7, 11) is 0. The SMILES string of the molecule is CCCCNc1ccc(C(F)(F)F)cc1NC(=O)CCCN. The number of hydrogen-bond acceptors (Lipinski definition) is 3. The van der Waals surface area contributed by atoms with Gasteiger partial charge in [-0.25, -0.2) is 0 Å². The molecule has 22 heavy (non-hydrogen) atoms. The van der Waals surface area contributed by atoms with Gasteiger partial charge in [-0.15, -0.1) is 0 Å². The van der Waals surface area contributed by atoms with E-state index in [2.05, 4.69) is 10.6 Å². The second-order valence-electron chi connectivity index (χ2n) is 4.98. The summed E-state index contributed by atoms with van der Waals surface area (Å²) in [6.07, 6.45) is -1.92. The number of nitrogens with two attached hydrogens (primary N) is 1. The van der Waals surface area contributed by atoms with Crippen molar-refractivity contribution in [3.8, 4) is 0 Å². The lowest BCUT2D eigenvalue weighted by Gasteiger charge is -2.16.